The van der Waals surface area contributed by atoms with Gasteiger partial charge in [0, 0.05) is 38.4 Å². The quantitative estimate of drug-likeness (QED) is 0.374. The van der Waals surface area contributed by atoms with E-state index in [1.165, 1.54) is 24.3 Å². The lowest BCUT2D eigenvalue weighted by Gasteiger charge is -2.32. The summed E-state index contributed by atoms with van der Waals surface area (Å²) < 4.78 is 62.3. The SMILES string of the molecule is CN1CCN(c2nc(NCCS(=O)(=O)O)nc(Nc3ccc(S(=O)(=O)O)cc3)n2)CC1. The molecule has 0 aliphatic carbocycles. The van der Waals surface area contributed by atoms with E-state index in [0.29, 0.717) is 24.7 Å². The molecule has 0 atom stereocenters. The maximum atomic E-state index is 11.2. The zero-order valence-corrected chi connectivity index (χ0v) is 18.3. The third-order valence-corrected chi connectivity index (χ3v) is 6.05. The van der Waals surface area contributed by atoms with Crippen molar-refractivity contribution in [2.45, 2.75) is 4.90 Å². The van der Waals surface area contributed by atoms with Crippen LogP contribution < -0.4 is 15.5 Å². The summed E-state index contributed by atoms with van der Waals surface area (Å²) in [5.41, 5.74) is 0.465. The molecule has 3 rings (SSSR count). The fourth-order valence-corrected chi connectivity index (χ4v) is 3.62. The van der Waals surface area contributed by atoms with Crippen molar-refractivity contribution in [3.8, 4) is 0 Å². The zero-order chi connectivity index (χ0) is 22.6. The van der Waals surface area contributed by atoms with E-state index in [9.17, 15) is 16.8 Å². The lowest BCUT2D eigenvalue weighted by molar-refractivity contribution is 0.311. The van der Waals surface area contributed by atoms with Crippen molar-refractivity contribution in [2.75, 3.05) is 61.1 Å². The second-order valence-electron chi connectivity index (χ2n) is 6.91. The van der Waals surface area contributed by atoms with Gasteiger partial charge in [-0.3, -0.25) is 9.11 Å². The van der Waals surface area contributed by atoms with Gasteiger partial charge in [-0.1, -0.05) is 0 Å². The number of likely N-dealkylation sites (N-methyl/N-ethyl adjacent to an activating group) is 1. The highest BCUT2D eigenvalue weighted by Gasteiger charge is 2.19. The van der Waals surface area contributed by atoms with Crippen LogP contribution in [0, 0.1) is 0 Å². The molecule has 0 saturated carbocycles. The number of nitrogens with zero attached hydrogens (tertiary/aromatic N) is 5. The van der Waals surface area contributed by atoms with E-state index < -0.39 is 26.0 Å². The minimum Gasteiger partial charge on any atom is -0.353 e. The van der Waals surface area contributed by atoms with Crippen LogP contribution in [-0.4, -0.2) is 91.3 Å². The Kier molecular flexibility index (Phi) is 6.90. The van der Waals surface area contributed by atoms with Gasteiger partial charge in [0.2, 0.25) is 17.8 Å². The Labute approximate surface area is 180 Å². The largest absolute Gasteiger partial charge is 0.353 e. The van der Waals surface area contributed by atoms with Gasteiger partial charge in [0.1, 0.15) is 0 Å². The molecule has 2 heterocycles. The highest BCUT2D eigenvalue weighted by atomic mass is 32.2. The van der Waals surface area contributed by atoms with E-state index in [1.807, 2.05) is 11.9 Å². The van der Waals surface area contributed by atoms with Gasteiger partial charge in [0.15, 0.2) is 0 Å². The molecule has 1 aromatic carbocycles. The third-order valence-electron chi connectivity index (χ3n) is 4.46. The Balaban J connectivity index is 1.83. The fourth-order valence-electron chi connectivity index (χ4n) is 2.78. The molecule has 1 aliphatic rings. The fraction of sp³-hybridized carbons (Fsp3) is 0.438. The molecule has 1 saturated heterocycles. The number of aromatic nitrogens is 3. The van der Waals surface area contributed by atoms with Gasteiger partial charge in [-0.05, 0) is 31.3 Å². The van der Waals surface area contributed by atoms with Crippen molar-refractivity contribution >= 4 is 43.8 Å². The van der Waals surface area contributed by atoms with Crippen LogP contribution >= 0.6 is 0 Å². The van der Waals surface area contributed by atoms with Crippen LogP contribution in [0.1, 0.15) is 0 Å². The second kappa shape index (κ2) is 9.27. The summed E-state index contributed by atoms with van der Waals surface area (Å²) in [6, 6.07) is 5.33. The van der Waals surface area contributed by atoms with E-state index in [2.05, 4.69) is 30.5 Å². The Morgan fingerprint density at radius 3 is 2.13 bits per heavy atom. The second-order valence-corrected chi connectivity index (χ2v) is 9.90. The monoisotopic (exact) mass is 473 g/mol. The van der Waals surface area contributed by atoms with Crippen LogP contribution in [0.25, 0.3) is 0 Å². The molecule has 0 amide bonds. The smallest absolute Gasteiger partial charge is 0.294 e. The van der Waals surface area contributed by atoms with Gasteiger partial charge < -0.3 is 20.4 Å². The third kappa shape index (κ3) is 6.96. The molecule has 15 heteroatoms. The molecule has 0 bridgehead atoms. The molecule has 13 nitrogen and oxygen atoms in total. The maximum absolute atomic E-state index is 11.2. The summed E-state index contributed by atoms with van der Waals surface area (Å²) in [7, 11) is -6.44. The maximum Gasteiger partial charge on any atom is 0.294 e. The van der Waals surface area contributed by atoms with Gasteiger partial charge >= 0.3 is 0 Å². The van der Waals surface area contributed by atoms with Crippen LogP contribution in [0.3, 0.4) is 0 Å². The van der Waals surface area contributed by atoms with Crippen LogP contribution in [-0.2, 0) is 20.2 Å². The summed E-state index contributed by atoms with van der Waals surface area (Å²) in [5.74, 6) is 0.139. The Morgan fingerprint density at radius 2 is 1.55 bits per heavy atom. The molecule has 1 aromatic heterocycles. The van der Waals surface area contributed by atoms with Gasteiger partial charge in [-0.15, -0.1) is 0 Å². The average Bonchev–Trinajstić information content (AvgIpc) is 2.67. The zero-order valence-electron chi connectivity index (χ0n) is 16.6. The summed E-state index contributed by atoms with van der Waals surface area (Å²) in [6.07, 6.45) is 0. The van der Waals surface area contributed by atoms with E-state index in [4.69, 9.17) is 9.11 Å². The minimum atomic E-state index is -4.31. The molecule has 0 spiro atoms. The lowest BCUT2D eigenvalue weighted by atomic mass is 10.3. The predicted molar refractivity (Wildman–Crippen MR) is 114 cm³/mol. The van der Waals surface area contributed by atoms with E-state index in [-0.39, 0.29) is 23.3 Å². The van der Waals surface area contributed by atoms with Crippen LogP contribution in [0.4, 0.5) is 23.5 Å². The molecule has 1 aliphatic heterocycles. The molecule has 170 valence electrons. The molecule has 1 fully saturated rings. The molecular formula is C16H23N7O6S2. The molecule has 2 aromatic rings. The van der Waals surface area contributed by atoms with Crippen molar-refractivity contribution in [3.63, 3.8) is 0 Å². The topological polar surface area (TPSA) is 178 Å². The molecule has 4 N–H and O–H groups in total. The van der Waals surface area contributed by atoms with Crippen molar-refractivity contribution in [1.82, 2.24) is 19.9 Å². The normalized spacial score (nSPS) is 15.6. The van der Waals surface area contributed by atoms with Crippen LogP contribution in [0.2, 0.25) is 0 Å². The highest BCUT2D eigenvalue weighted by molar-refractivity contribution is 7.86. The van der Waals surface area contributed by atoms with Crippen LogP contribution in [0.15, 0.2) is 29.2 Å². The first-order chi connectivity index (χ1) is 14.5. The number of hydrogen-bond acceptors (Lipinski definition) is 11. The summed E-state index contributed by atoms with van der Waals surface area (Å²) in [6.45, 7) is 2.91. The first-order valence-corrected chi connectivity index (χ1v) is 12.3. The Hall–Kier alpha value is -2.59. The first kappa shape index (κ1) is 23.1. The molecular weight excluding hydrogens is 450 g/mol. The van der Waals surface area contributed by atoms with Crippen molar-refractivity contribution in [3.05, 3.63) is 24.3 Å². The lowest BCUT2D eigenvalue weighted by Crippen LogP contribution is -2.45. The van der Waals surface area contributed by atoms with E-state index in [1.54, 1.807) is 0 Å². The molecule has 0 radical (unpaired) electrons. The van der Waals surface area contributed by atoms with Gasteiger partial charge in [-0.25, -0.2) is 0 Å². The molecule has 0 unspecified atom stereocenters. The molecule has 31 heavy (non-hydrogen) atoms. The minimum absolute atomic E-state index is 0.104. The van der Waals surface area contributed by atoms with Crippen molar-refractivity contribution in [1.29, 1.82) is 0 Å². The highest BCUT2D eigenvalue weighted by Crippen LogP contribution is 2.20. The Morgan fingerprint density at radius 1 is 0.935 bits per heavy atom. The number of hydrogen-bond donors (Lipinski definition) is 4. The predicted octanol–water partition coefficient (Wildman–Crippen LogP) is -0.0866. The van der Waals surface area contributed by atoms with E-state index in [0.717, 1.165) is 13.1 Å². The standard InChI is InChI=1S/C16H23N7O6S2/c1-22-7-9-23(10-8-22)16-20-14(17-6-11-30(24,25)26)19-15(21-16)18-12-2-4-13(5-3-12)31(27,28)29/h2-5H,6-11H2,1H3,(H,24,25,26)(H,27,28,29)(H2,17,18,19,20,21). The Bertz CT molecular complexity index is 1120. The number of nitrogens with one attached hydrogen (secondary N) is 2. The number of anilines is 4. The van der Waals surface area contributed by atoms with Gasteiger partial charge in [0.25, 0.3) is 20.2 Å². The number of benzene rings is 1. The number of piperazine rings is 1. The van der Waals surface area contributed by atoms with Gasteiger partial charge in [-0.2, -0.15) is 31.8 Å². The summed E-state index contributed by atoms with van der Waals surface area (Å²) in [4.78, 5) is 16.8. The number of rotatable bonds is 8. The van der Waals surface area contributed by atoms with Gasteiger partial charge in [0.05, 0.1) is 10.6 Å². The first-order valence-electron chi connectivity index (χ1n) is 9.23. The summed E-state index contributed by atoms with van der Waals surface area (Å²) >= 11 is 0. The van der Waals surface area contributed by atoms with Crippen molar-refractivity contribution < 1.29 is 25.9 Å². The van der Waals surface area contributed by atoms with E-state index >= 15 is 0 Å². The average molecular weight is 474 g/mol. The summed E-state index contributed by atoms with van der Waals surface area (Å²) in [5, 5.41) is 5.69. The van der Waals surface area contributed by atoms with Crippen LogP contribution in [0.5, 0.6) is 0 Å². The van der Waals surface area contributed by atoms with Crippen molar-refractivity contribution in [2.24, 2.45) is 0 Å².